The maximum atomic E-state index is 12.9. The second-order valence-electron chi connectivity index (χ2n) is 4.66. The standard InChI is InChI=1S/C14H14F3N3O2/c1-2-3-4-9-7-19-22-13(9)20-12(21)10-8-18-6-5-11(10)14(15,16)17/h5-8H,2-4H2,1H3,(H,20,21). The van der Waals surface area contributed by atoms with Crippen molar-refractivity contribution in [2.45, 2.75) is 32.4 Å². The van der Waals surface area contributed by atoms with Gasteiger partial charge in [0.05, 0.1) is 17.3 Å². The number of halogens is 3. The van der Waals surface area contributed by atoms with Crippen molar-refractivity contribution < 1.29 is 22.5 Å². The lowest BCUT2D eigenvalue weighted by atomic mass is 10.1. The van der Waals surface area contributed by atoms with Crippen molar-refractivity contribution in [2.24, 2.45) is 0 Å². The van der Waals surface area contributed by atoms with Gasteiger partial charge in [0, 0.05) is 18.0 Å². The van der Waals surface area contributed by atoms with Crippen molar-refractivity contribution >= 4 is 11.8 Å². The number of aromatic nitrogens is 2. The summed E-state index contributed by atoms with van der Waals surface area (Å²) >= 11 is 0. The molecule has 0 aliphatic heterocycles. The highest BCUT2D eigenvalue weighted by atomic mass is 19.4. The summed E-state index contributed by atoms with van der Waals surface area (Å²) in [6, 6.07) is 0.757. The summed E-state index contributed by atoms with van der Waals surface area (Å²) in [5.74, 6) is -0.870. The van der Waals surface area contributed by atoms with Gasteiger partial charge >= 0.3 is 6.18 Å². The molecule has 0 saturated heterocycles. The third kappa shape index (κ3) is 3.63. The molecule has 8 heteroatoms. The number of amides is 1. The number of hydrogen-bond donors (Lipinski definition) is 1. The molecule has 2 heterocycles. The van der Waals surface area contributed by atoms with Crippen LogP contribution in [0.25, 0.3) is 0 Å². The van der Waals surface area contributed by atoms with Crippen LogP contribution in [0.3, 0.4) is 0 Å². The Morgan fingerprint density at radius 3 is 2.82 bits per heavy atom. The SMILES string of the molecule is CCCCc1cnoc1NC(=O)c1cnccc1C(F)(F)F. The third-order valence-corrected chi connectivity index (χ3v) is 3.04. The number of carbonyl (C=O) groups is 1. The fourth-order valence-electron chi connectivity index (χ4n) is 1.90. The molecule has 0 aliphatic rings. The molecular weight excluding hydrogens is 299 g/mol. The van der Waals surface area contributed by atoms with Crippen molar-refractivity contribution in [2.75, 3.05) is 5.32 Å². The average molecular weight is 313 g/mol. The molecule has 2 aromatic heterocycles. The fraction of sp³-hybridized carbons (Fsp3) is 0.357. The van der Waals surface area contributed by atoms with E-state index in [4.69, 9.17) is 4.52 Å². The van der Waals surface area contributed by atoms with Crippen LogP contribution in [-0.4, -0.2) is 16.0 Å². The van der Waals surface area contributed by atoms with Crippen LogP contribution in [0.4, 0.5) is 19.1 Å². The first-order valence-corrected chi connectivity index (χ1v) is 6.69. The smallest absolute Gasteiger partial charge is 0.338 e. The predicted octanol–water partition coefficient (Wildman–Crippen LogP) is 3.68. The molecule has 2 aromatic rings. The number of aryl methyl sites for hydroxylation is 1. The fourth-order valence-corrected chi connectivity index (χ4v) is 1.90. The van der Waals surface area contributed by atoms with Gasteiger partial charge in [0.1, 0.15) is 0 Å². The first kappa shape index (κ1) is 16.0. The van der Waals surface area contributed by atoms with Gasteiger partial charge in [-0.2, -0.15) is 13.2 Å². The zero-order valence-corrected chi connectivity index (χ0v) is 11.8. The molecule has 1 N–H and O–H groups in total. The lowest BCUT2D eigenvalue weighted by Gasteiger charge is -2.11. The van der Waals surface area contributed by atoms with E-state index in [1.165, 1.54) is 6.20 Å². The van der Waals surface area contributed by atoms with Crippen molar-refractivity contribution in [1.29, 1.82) is 0 Å². The summed E-state index contributed by atoms with van der Waals surface area (Å²) in [6.45, 7) is 2.00. The Morgan fingerprint density at radius 2 is 2.14 bits per heavy atom. The third-order valence-electron chi connectivity index (χ3n) is 3.04. The topological polar surface area (TPSA) is 68.0 Å². The highest BCUT2D eigenvalue weighted by Gasteiger charge is 2.35. The lowest BCUT2D eigenvalue weighted by molar-refractivity contribution is -0.138. The van der Waals surface area contributed by atoms with Gasteiger partial charge in [0.25, 0.3) is 5.91 Å². The van der Waals surface area contributed by atoms with E-state index in [0.29, 0.717) is 12.0 Å². The largest absolute Gasteiger partial charge is 0.417 e. The maximum absolute atomic E-state index is 12.9. The van der Waals surface area contributed by atoms with Gasteiger partial charge in [-0.1, -0.05) is 18.5 Å². The summed E-state index contributed by atoms with van der Waals surface area (Å²) < 4.78 is 43.6. The van der Waals surface area contributed by atoms with Crippen LogP contribution in [0.1, 0.15) is 41.3 Å². The first-order chi connectivity index (χ1) is 10.4. The van der Waals surface area contributed by atoms with E-state index in [1.807, 2.05) is 6.92 Å². The maximum Gasteiger partial charge on any atom is 0.417 e. The summed E-state index contributed by atoms with van der Waals surface area (Å²) in [6.07, 6.45) is 1.07. The van der Waals surface area contributed by atoms with Gasteiger partial charge < -0.3 is 4.52 Å². The molecule has 2 rings (SSSR count). The Bertz CT molecular complexity index is 653. The number of hydrogen-bond acceptors (Lipinski definition) is 4. The van der Waals surface area contributed by atoms with Crippen LogP contribution in [0, 0.1) is 0 Å². The first-order valence-electron chi connectivity index (χ1n) is 6.69. The van der Waals surface area contributed by atoms with E-state index in [2.05, 4.69) is 15.5 Å². The molecule has 118 valence electrons. The van der Waals surface area contributed by atoms with Crippen LogP contribution in [0.5, 0.6) is 0 Å². The number of pyridine rings is 1. The van der Waals surface area contributed by atoms with Gasteiger partial charge in [0.15, 0.2) is 0 Å². The molecule has 0 fully saturated rings. The van der Waals surface area contributed by atoms with Gasteiger partial charge in [-0.05, 0) is 18.9 Å². The summed E-state index contributed by atoms with van der Waals surface area (Å²) in [5, 5.41) is 5.89. The Hall–Kier alpha value is -2.38. The van der Waals surface area contributed by atoms with E-state index in [9.17, 15) is 18.0 Å². The van der Waals surface area contributed by atoms with E-state index < -0.39 is 23.2 Å². The lowest BCUT2D eigenvalue weighted by Crippen LogP contribution is -2.19. The Balaban J connectivity index is 2.22. The molecule has 0 aromatic carbocycles. The van der Waals surface area contributed by atoms with E-state index in [1.54, 1.807) is 0 Å². The Kier molecular flexibility index (Phi) is 4.79. The van der Waals surface area contributed by atoms with Crippen molar-refractivity contribution in [3.63, 3.8) is 0 Å². The highest BCUT2D eigenvalue weighted by molar-refractivity contribution is 6.04. The Labute approximate surface area is 124 Å². The summed E-state index contributed by atoms with van der Waals surface area (Å²) in [4.78, 5) is 15.6. The molecular formula is C14H14F3N3O2. The molecule has 0 aliphatic carbocycles. The van der Waals surface area contributed by atoms with Crippen molar-refractivity contribution in [1.82, 2.24) is 10.1 Å². The minimum absolute atomic E-state index is 0.0652. The summed E-state index contributed by atoms with van der Waals surface area (Å²) in [5.41, 5.74) is -0.963. The minimum Gasteiger partial charge on any atom is -0.338 e. The zero-order valence-electron chi connectivity index (χ0n) is 11.8. The molecule has 1 amide bonds. The van der Waals surface area contributed by atoms with E-state index in [0.717, 1.165) is 31.3 Å². The Morgan fingerprint density at radius 1 is 1.36 bits per heavy atom. The minimum atomic E-state index is -4.64. The number of rotatable bonds is 5. The number of nitrogens with zero attached hydrogens (tertiary/aromatic N) is 2. The molecule has 0 saturated carbocycles. The van der Waals surface area contributed by atoms with E-state index >= 15 is 0 Å². The summed E-state index contributed by atoms with van der Waals surface area (Å²) in [7, 11) is 0. The molecule has 22 heavy (non-hydrogen) atoms. The van der Waals surface area contributed by atoms with Gasteiger partial charge in [0.2, 0.25) is 5.88 Å². The monoisotopic (exact) mass is 313 g/mol. The van der Waals surface area contributed by atoms with Crippen LogP contribution in [0.2, 0.25) is 0 Å². The van der Waals surface area contributed by atoms with E-state index in [-0.39, 0.29) is 5.88 Å². The second kappa shape index (κ2) is 6.59. The number of carbonyl (C=O) groups excluding carboxylic acids is 1. The number of alkyl halides is 3. The van der Waals surface area contributed by atoms with Crippen molar-refractivity contribution in [3.8, 4) is 0 Å². The quantitative estimate of drug-likeness (QED) is 0.914. The molecule has 0 atom stereocenters. The zero-order chi connectivity index (χ0) is 16.2. The average Bonchev–Trinajstić information content (AvgIpc) is 2.91. The van der Waals surface area contributed by atoms with Crippen LogP contribution >= 0.6 is 0 Å². The van der Waals surface area contributed by atoms with Gasteiger partial charge in [-0.3, -0.25) is 15.1 Å². The van der Waals surface area contributed by atoms with Crippen molar-refractivity contribution in [3.05, 3.63) is 41.3 Å². The van der Waals surface area contributed by atoms with Crippen LogP contribution < -0.4 is 5.32 Å². The number of nitrogens with one attached hydrogen (secondary N) is 1. The number of unbranched alkanes of at least 4 members (excludes halogenated alkanes) is 1. The van der Waals surface area contributed by atoms with Gasteiger partial charge in [-0.25, -0.2) is 0 Å². The van der Waals surface area contributed by atoms with Crippen LogP contribution in [0.15, 0.2) is 29.2 Å². The van der Waals surface area contributed by atoms with Gasteiger partial charge in [-0.15, -0.1) is 0 Å². The normalized spacial score (nSPS) is 11.5. The van der Waals surface area contributed by atoms with Crippen LogP contribution in [-0.2, 0) is 12.6 Å². The highest BCUT2D eigenvalue weighted by Crippen LogP contribution is 2.32. The predicted molar refractivity (Wildman–Crippen MR) is 72.3 cm³/mol. The molecule has 0 bridgehead atoms. The molecule has 5 nitrogen and oxygen atoms in total. The molecule has 0 unspecified atom stereocenters. The molecule has 0 radical (unpaired) electrons. The second-order valence-corrected chi connectivity index (χ2v) is 4.66. The number of anilines is 1. The molecule has 0 spiro atoms.